The molecule has 0 saturated carbocycles. The molecule has 34 heavy (non-hydrogen) atoms. The van der Waals surface area contributed by atoms with Crippen LogP contribution in [0.2, 0.25) is 0 Å². The van der Waals surface area contributed by atoms with Crippen LogP contribution in [0.15, 0.2) is 41.9 Å². The molecule has 9 nitrogen and oxygen atoms in total. The normalized spacial score (nSPS) is 13.0. The van der Waals surface area contributed by atoms with Gasteiger partial charge in [-0.15, -0.1) is 20.4 Å². The van der Waals surface area contributed by atoms with Gasteiger partial charge in [0, 0.05) is 32.3 Å². The van der Waals surface area contributed by atoms with Crippen molar-refractivity contribution in [3.05, 3.63) is 59.1 Å². The van der Waals surface area contributed by atoms with Gasteiger partial charge in [-0.05, 0) is 35.9 Å². The molecule has 0 radical (unpaired) electrons. The van der Waals surface area contributed by atoms with Crippen molar-refractivity contribution in [2.45, 2.75) is 12.5 Å². The van der Waals surface area contributed by atoms with E-state index in [1.165, 1.54) is 34.6 Å². The highest BCUT2D eigenvalue weighted by Gasteiger charge is 2.28. The van der Waals surface area contributed by atoms with E-state index in [0.29, 0.717) is 17.3 Å². The second-order valence-corrected chi connectivity index (χ2v) is 9.55. The van der Waals surface area contributed by atoms with Gasteiger partial charge in [0.2, 0.25) is 5.91 Å². The minimum atomic E-state index is -1.98. The van der Waals surface area contributed by atoms with E-state index in [4.69, 9.17) is 5.11 Å². The zero-order chi connectivity index (χ0) is 24.8. The molecule has 13 heteroatoms. The Morgan fingerprint density at radius 3 is 2.59 bits per heavy atom. The summed E-state index contributed by atoms with van der Waals surface area (Å²) in [5.74, 6) is -2.21. The van der Waals surface area contributed by atoms with E-state index in [1.807, 2.05) is 6.07 Å². The van der Waals surface area contributed by atoms with E-state index >= 15 is 0 Å². The Kier molecular flexibility index (Phi) is 8.74. The van der Waals surface area contributed by atoms with Crippen molar-refractivity contribution in [3.8, 4) is 0 Å². The van der Waals surface area contributed by atoms with Crippen LogP contribution in [-0.2, 0) is 22.8 Å². The van der Waals surface area contributed by atoms with Crippen LogP contribution in [0.5, 0.6) is 0 Å². The zero-order valence-electron chi connectivity index (χ0n) is 18.3. The number of aromatic nitrogens is 1. The monoisotopic (exact) mass is 511 g/mol. The lowest BCUT2D eigenvalue weighted by Crippen LogP contribution is -2.54. The molecule has 0 aliphatic heterocycles. The van der Waals surface area contributed by atoms with Crippen molar-refractivity contribution in [1.82, 2.24) is 19.3 Å². The molecule has 3 amide bonds. The van der Waals surface area contributed by atoms with E-state index in [2.05, 4.69) is 15.0 Å². The summed E-state index contributed by atoms with van der Waals surface area (Å²) in [5.41, 5.74) is 3.03. The molecule has 0 aliphatic carbocycles. The first-order valence-corrected chi connectivity index (χ1v) is 12.0. The SMILES string of the molecule is CN(C(=O)[C@H](Cc1cc(F)cc(F)c1)NC(=O)N[S@@+]([O-])N(C)CCO)c1ccc2scnc2c1. The molecule has 1 aromatic heterocycles. The number of carbonyl (C=O) groups is 2. The molecule has 0 aliphatic rings. The van der Waals surface area contributed by atoms with Crippen molar-refractivity contribution in [3.63, 3.8) is 0 Å². The van der Waals surface area contributed by atoms with Gasteiger partial charge < -0.3 is 19.9 Å². The predicted octanol–water partition coefficient (Wildman–Crippen LogP) is 1.95. The van der Waals surface area contributed by atoms with Crippen LogP contribution in [0.25, 0.3) is 10.2 Å². The van der Waals surface area contributed by atoms with E-state index in [1.54, 1.807) is 17.6 Å². The van der Waals surface area contributed by atoms with Crippen LogP contribution in [0.3, 0.4) is 0 Å². The first kappa shape index (κ1) is 25.8. The molecule has 3 rings (SSSR count). The van der Waals surface area contributed by atoms with E-state index < -0.39 is 41.2 Å². The lowest BCUT2D eigenvalue weighted by Gasteiger charge is -2.25. The first-order valence-electron chi connectivity index (χ1n) is 10.0. The summed E-state index contributed by atoms with van der Waals surface area (Å²) in [7, 11) is 2.93. The highest BCUT2D eigenvalue weighted by Crippen LogP contribution is 2.24. The topological polar surface area (TPSA) is 121 Å². The van der Waals surface area contributed by atoms with Crippen molar-refractivity contribution < 1.29 is 28.0 Å². The van der Waals surface area contributed by atoms with Crippen LogP contribution in [-0.4, -0.2) is 64.2 Å². The number of carbonyl (C=O) groups excluding carboxylic acids is 2. The zero-order valence-corrected chi connectivity index (χ0v) is 20.0. The standard InChI is InChI=1S/C21H23F2N5O4S2/c1-27(5-6-29)34(32)26-21(31)25-18(9-13-7-14(22)10-15(23)8-13)20(30)28(2)16-3-4-19-17(11-16)24-12-33-19/h3-4,7-8,10-12,18,29H,5-6,9H2,1-2H3,(H2,25,26,31)/t18-,34+/m0/s1. The second kappa shape index (κ2) is 11.5. The number of hydrogen-bond acceptors (Lipinski definition) is 7. The van der Waals surface area contributed by atoms with Gasteiger partial charge in [0.15, 0.2) is 11.5 Å². The van der Waals surface area contributed by atoms with Crippen molar-refractivity contribution in [2.75, 3.05) is 32.1 Å². The molecule has 0 unspecified atom stereocenters. The summed E-state index contributed by atoms with van der Waals surface area (Å²) in [5, 5.41) is 11.4. The van der Waals surface area contributed by atoms with Gasteiger partial charge >= 0.3 is 6.03 Å². The maximum Gasteiger partial charge on any atom is 0.358 e. The fraction of sp³-hybridized carbons (Fsp3) is 0.286. The van der Waals surface area contributed by atoms with Crippen LogP contribution >= 0.6 is 11.3 Å². The van der Waals surface area contributed by atoms with Gasteiger partial charge in [-0.25, -0.2) is 18.6 Å². The Bertz CT molecular complexity index is 1140. The third-order valence-corrected chi connectivity index (χ3v) is 6.79. The molecule has 0 fully saturated rings. The number of hydrogen-bond donors (Lipinski definition) is 3. The molecule has 3 aromatic rings. The lowest BCUT2D eigenvalue weighted by atomic mass is 10.0. The van der Waals surface area contributed by atoms with Gasteiger partial charge in [0.1, 0.15) is 17.7 Å². The van der Waals surface area contributed by atoms with Crippen molar-refractivity contribution >= 4 is 50.7 Å². The number of urea groups is 1. The number of anilines is 1. The number of nitrogens with one attached hydrogen (secondary N) is 2. The highest BCUT2D eigenvalue weighted by atomic mass is 32.2. The molecular weight excluding hydrogens is 488 g/mol. The molecule has 3 N–H and O–H groups in total. The van der Waals surface area contributed by atoms with Crippen LogP contribution in [0.4, 0.5) is 19.3 Å². The van der Waals surface area contributed by atoms with E-state index in [9.17, 15) is 22.9 Å². The molecule has 182 valence electrons. The summed E-state index contributed by atoms with van der Waals surface area (Å²) < 4.78 is 43.9. The number of amides is 3. The van der Waals surface area contributed by atoms with Gasteiger partial charge in [0.25, 0.3) is 0 Å². The summed E-state index contributed by atoms with van der Waals surface area (Å²) in [6.45, 7) is -0.231. The average Bonchev–Trinajstić information content (AvgIpc) is 3.25. The highest BCUT2D eigenvalue weighted by molar-refractivity contribution is 7.87. The fourth-order valence-corrected chi connectivity index (χ4v) is 4.43. The molecule has 2 atom stereocenters. The van der Waals surface area contributed by atoms with Gasteiger partial charge in [0.05, 0.1) is 28.9 Å². The Labute approximate surface area is 201 Å². The largest absolute Gasteiger partial charge is 0.573 e. The average molecular weight is 512 g/mol. The number of thiazole rings is 1. The second-order valence-electron chi connectivity index (χ2n) is 7.34. The molecule has 0 bridgehead atoms. The Morgan fingerprint density at radius 2 is 1.91 bits per heavy atom. The summed E-state index contributed by atoms with van der Waals surface area (Å²) >= 11 is -0.529. The van der Waals surface area contributed by atoms with Gasteiger partial charge in [-0.3, -0.25) is 4.79 Å². The van der Waals surface area contributed by atoms with Crippen LogP contribution in [0.1, 0.15) is 5.56 Å². The predicted molar refractivity (Wildman–Crippen MR) is 126 cm³/mol. The van der Waals surface area contributed by atoms with E-state index in [0.717, 1.165) is 16.8 Å². The maximum atomic E-state index is 13.7. The number of aliphatic hydroxyl groups is 1. The number of aliphatic hydroxyl groups excluding tert-OH is 1. The summed E-state index contributed by atoms with van der Waals surface area (Å²) in [6, 6.07) is 5.91. The molecule has 2 aromatic carbocycles. The summed E-state index contributed by atoms with van der Waals surface area (Å²) in [6.07, 6.45) is -0.219. The van der Waals surface area contributed by atoms with Crippen LogP contribution in [0, 0.1) is 11.6 Å². The number of nitrogens with zero attached hydrogens (tertiary/aromatic N) is 3. The minimum absolute atomic E-state index is 0.0413. The first-order chi connectivity index (χ1) is 16.2. The van der Waals surface area contributed by atoms with Crippen LogP contribution < -0.4 is 14.9 Å². The third kappa shape index (κ3) is 6.61. The van der Waals surface area contributed by atoms with Gasteiger partial charge in [-0.1, -0.05) is 0 Å². The maximum absolute atomic E-state index is 13.7. The Morgan fingerprint density at radius 1 is 1.21 bits per heavy atom. The number of halogens is 2. The number of fused-ring (bicyclic) bond motifs is 1. The summed E-state index contributed by atoms with van der Waals surface area (Å²) in [4.78, 5) is 31.3. The minimum Gasteiger partial charge on any atom is -0.573 e. The smallest absolute Gasteiger partial charge is 0.358 e. The van der Waals surface area contributed by atoms with Gasteiger partial charge in [-0.2, -0.15) is 0 Å². The molecule has 0 spiro atoms. The van der Waals surface area contributed by atoms with Crippen molar-refractivity contribution in [1.29, 1.82) is 0 Å². The third-order valence-electron chi connectivity index (χ3n) is 4.88. The molecule has 1 heterocycles. The quantitative estimate of drug-likeness (QED) is 0.378. The molecular formula is C21H23F2N5O4S2. The number of likely N-dealkylation sites (N-methyl/N-ethyl adjacent to an activating group) is 2. The van der Waals surface area contributed by atoms with E-state index in [-0.39, 0.29) is 25.1 Å². The Hall–Kier alpha value is -2.84. The Balaban J connectivity index is 1.81. The molecule has 0 saturated heterocycles. The fourth-order valence-electron chi connectivity index (χ4n) is 3.15. The number of benzene rings is 2. The number of rotatable bonds is 9. The lowest BCUT2D eigenvalue weighted by molar-refractivity contribution is -0.120. The van der Waals surface area contributed by atoms with Crippen molar-refractivity contribution in [2.24, 2.45) is 0 Å².